The van der Waals surface area contributed by atoms with Gasteiger partial charge in [0.15, 0.2) is 0 Å². The van der Waals surface area contributed by atoms with Crippen LogP contribution < -0.4 is 5.32 Å². The van der Waals surface area contributed by atoms with Gasteiger partial charge in [0.1, 0.15) is 5.54 Å². The molecule has 1 aliphatic rings. The third kappa shape index (κ3) is 3.11. The maximum atomic E-state index is 12.4. The van der Waals surface area contributed by atoms with Crippen molar-refractivity contribution in [1.82, 2.24) is 20.0 Å². The zero-order chi connectivity index (χ0) is 15.5. The minimum Gasteiger partial charge on any atom is -0.382 e. The van der Waals surface area contributed by atoms with Gasteiger partial charge in [0, 0.05) is 32.9 Å². The quantitative estimate of drug-likeness (QED) is 0.856. The molecule has 0 bridgehead atoms. The fourth-order valence-electron chi connectivity index (χ4n) is 3.07. The van der Waals surface area contributed by atoms with Gasteiger partial charge < -0.3 is 10.1 Å². The molecule has 6 nitrogen and oxygen atoms in total. The van der Waals surface area contributed by atoms with Crippen molar-refractivity contribution in [2.45, 2.75) is 44.8 Å². The Hall–Kier alpha value is -1.40. The Morgan fingerprint density at radius 2 is 2.33 bits per heavy atom. The third-order valence-corrected chi connectivity index (χ3v) is 4.20. The van der Waals surface area contributed by atoms with Crippen LogP contribution in [-0.2, 0) is 16.1 Å². The summed E-state index contributed by atoms with van der Waals surface area (Å²) >= 11 is 0. The van der Waals surface area contributed by atoms with Crippen LogP contribution in [0, 0.1) is 0 Å². The van der Waals surface area contributed by atoms with Crippen LogP contribution in [0.25, 0.3) is 0 Å². The standard InChI is InChI=1S/C15H26N4O2/c1-12(2)19-9-6-13(17-19)10-18-8-5-7-15(18,11-21-4)14(20)16-3/h6,9,12H,5,7-8,10-11H2,1-4H3,(H,16,20). The van der Waals surface area contributed by atoms with Crippen LogP contribution in [0.2, 0.25) is 0 Å². The number of hydrogen-bond donors (Lipinski definition) is 1. The van der Waals surface area contributed by atoms with Gasteiger partial charge in [0.25, 0.3) is 0 Å². The highest BCUT2D eigenvalue weighted by atomic mass is 16.5. The second-order valence-electron chi connectivity index (χ2n) is 5.95. The number of aromatic nitrogens is 2. The predicted molar refractivity (Wildman–Crippen MR) is 80.9 cm³/mol. The zero-order valence-corrected chi connectivity index (χ0v) is 13.4. The number of methoxy groups -OCH3 is 1. The Balaban J connectivity index is 2.17. The Morgan fingerprint density at radius 3 is 2.90 bits per heavy atom. The summed E-state index contributed by atoms with van der Waals surface area (Å²) < 4.78 is 7.28. The Kier molecular flexibility index (Phi) is 5.00. The van der Waals surface area contributed by atoms with Crippen LogP contribution in [-0.4, -0.2) is 53.4 Å². The van der Waals surface area contributed by atoms with Crippen molar-refractivity contribution < 1.29 is 9.53 Å². The molecule has 1 aromatic heterocycles. The van der Waals surface area contributed by atoms with Gasteiger partial charge in [-0.05, 0) is 39.3 Å². The van der Waals surface area contributed by atoms with E-state index in [0.717, 1.165) is 25.1 Å². The lowest BCUT2D eigenvalue weighted by Gasteiger charge is -2.35. The molecular weight excluding hydrogens is 268 g/mol. The molecule has 0 spiro atoms. The van der Waals surface area contributed by atoms with E-state index in [9.17, 15) is 4.79 Å². The van der Waals surface area contributed by atoms with E-state index in [4.69, 9.17) is 4.74 Å². The first kappa shape index (κ1) is 16.0. The van der Waals surface area contributed by atoms with Gasteiger partial charge in [0.05, 0.1) is 12.3 Å². The number of ether oxygens (including phenoxy) is 1. The van der Waals surface area contributed by atoms with Crippen LogP contribution >= 0.6 is 0 Å². The molecule has 6 heteroatoms. The molecule has 2 heterocycles. The molecule has 0 aromatic carbocycles. The number of rotatable bonds is 6. The molecule has 1 unspecified atom stereocenters. The summed E-state index contributed by atoms with van der Waals surface area (Å²) in [7, 11) is 3.33. The van der Waals surface area contributed by atoms with Gasteiger partial charge in [-0.2, -0.15) is 5.10 Å². The highest BCUT2D eigenvalue weighted by Crippen LogP contribution is 2.31. The monoisotopic (exact) mass is 294 g/mol. The molecule has 1 amide bonds. The van der Waals surface area contributed by atoms with Crippen molar-refractivity contribution >= 4 is 5.91 Å². The number of carbonyl (C=O) groups is 1. The number of amides is 1. The van der Waals surface area contributed by atoms with E-state index in [-0.39, 0.29) is 5.91 Å². The maximum absolute atomic E-state index is 12.4. The highest BCUT2D eigenvalue weighted by molar-refractivity contribution is 5.86. The van der Waals surface area contributed by atoms with Crippen molar-refractivity contribution in [2.24, 2.45) is 0 Å². The summed E-state index contributed by atoms with van der Waals surface area (Å²) in [6, 6.07) is 2.37. The van der Waals surface area contributed by atoms with Crippen molar-refractivity contribution in [2.75, 3.05) is 27.3 Å². The fourth-order valence-corrected chi connectivity index (χ4v) is 3.07. The first-order valence-corrected chi connectivity index (χ1v) is 7.53. The number of likely N-dealkylation sites (N-methyl/N-ethyl adjacent to an activating group) is 1. The molecule has 1 fully saturated rings. The van der Waals surface area contributed by atoms with Crippen molar-refractivity contribution in [1.29, 1.82) is 0 Å². The summed E-state index contributed by atoms with van der Waals surface area (Å²) in [6.07, 6.45) is 3.82. The minimum absolute atomic E-state index is 0.0325. The van der Waals surface area contributed by atoms with Gasteiger partial charge in [0.2, 0.25) is 5.91 Å². The van der Waals surface area contributed by atoms with E-state index in [1.165, 1.54) is 0 Å². The molecule has 118 valence electrons. The lowest BCUT2D eigenvalue weighted by molar-refractivity contribution is -0.135. The van der Waals surface area contributed by atoms with E-state index in [0.29, 0.717) is 19.2 Å². The van der Waals surface area contributed by atoms with Crippen molar-refractivity contribution in [3.63, 3.8) is 0 Å². The summed E-state index contributed by atoms with van der Waals surface area (Å²) in [5.74, 6) is 0.0325. The van der Waals surface area contributed by atoms with Crippen molar-refractivity contribution in [3.8, 4) is 0 Å². The topological polar surface area (TPSA) is 59.4 Å². The van der Waals surface area contributed by atoms with E-state index < -0.39 is 5.54 Å². The summed E-state index contributed by atoms with van der Waals surface area (Å²) in [4.78, 5) is 14.6. The Labute approximate surface area is 126 Å². The second kappa shape index (κ2) is 6.58. The molecule has 1 aromatic rings. The summed E-state index contributed by atoms with van der Waals surface area (Å²) in [5, 5.41) is 7.37. The van der Waals surface area contributed by atoms with E-state index >= 15 is 0 Å². The number of nitrogens with zero attached hydrogens (tertiary/aromatic N) is 3. The molecule has 0 radical (unpaired) electrons. The lowest BCUT2D eigenvalue weighted by Crippen LogP contribution is -2.57. The van der Waals surface area contributed by atoms with Gasteiger partial charge in [-0.15, -0.1) is 0 Å². The lowest BCUT2D eigenvalue weighted by atomic mass is 9.95. The molecule has 1 aliphatic heterocycles. The van der Waals surface area contributed by atoms with Gasteiger partial charge >= 0.3 is 0 Å². The number of likely N-dealkylation sites (tertiary alicyclic amines) is 1. The molecule has 0 saturated carbocycles. The van der Waals surface area contributed by atoms with Gasteiger partial charge in [-0.25, -0.2) is 0 Å². The Bertz CT molecular complexity index is 486. The normalized spacial score (nSPS) is 22.9. The van der Waals surface area contributed by atoms with E-state index in [2.05, 4.69) is 29.2 Å². The van der Waals surface area contributed by atoms with E-state index in [1.54, 1.807) is 14.2 Å². The van der Waals surface area contributed by atoms with E-state index in [1.807, 2.05) is 16.9 Å². The Morgan fingerprint density at radius 1 is 1.57 bits per heavy atom. The predicted octanol–water partition coefficient (Wildman–Crippen LogP) is 1.19. The first-order chi connectivity index (χ1) is 10.0. The average Bonchev–Trinajstić information content (AvgIpc) is 3.07. The zero-order valence-electron chi connectivity index (χ0n) is 13.4. The average molecular weight is 294 g/mol. The number of hydrogen-bond acceptors (Lipinski definition) is 4. The van der Waals surface area contributed by atoms with Crippen LogP contribution in [0.1, 0.15) is 38.4 Å². The smallest absolute Gasteiger partial charge is 0.242 e. The molecule has 1 N–H and O–H groups in total. The summed E-state index contributed by atoms with van der Waals surface area (Å²) in [5.41, 5.74) is 0.431. The highest BCUT2D eigenvalue weighted by Gasteiger charge is 2.47. The van der Waals surface area contributed by atoms with Gasteiger partial charge in [-0.1, -0.05) is 0 Å². The molecule has 1 atom stereocenters. The SMILES string of the molecule is CNC(=O)C1(COC)CCCN1Cc1ccn(C(C)C)n1. The number of carbonyl (C=O) groups excluding carboxylic acids is 1. The van der Waals surface area contributed by atoms with Gasteiger partial charge in [-0.3, -0.25) is 14.4 Å². The molecular formula is C15H26N4O2. The third-order valence-electron chi connectivity index (χ3n) is 4.20. The number of nitrogens with one attached hydrogen (secondary N) is 1. The summed E-state index contributed by atoms with van der Waals surface area (Å²) in [6.45, 7) is 6.19. The van der Waals surface area contributed by atoms with Crippen LogP contribution in [0.15, 0.2) is 12.3 Å². The molecule has 2 rings (SSSR count). The fraction of sp³-hybridized carbons (Fsp3) is 0.733. The van der Waals surface area contributed by atoms with Crippen LogP contribution in [0.5, 0.6) is 0 Å². The van der Waals surface area contributed by atoms with Crippen LogP contribution in [0.3, 0.4) is 0 Å². The first-order valence-electron chi connectivity index (χ1n) is 7.53. The maximum Gasteiger partial charge on any atom is 0.242 e. The largest absolute Gasteiger partial charge is 0.382 e. The molecule has 0 aliphatic carbocycles. The van der Waals surface area contributed by atoms with Crippen LogP contribution in [0.4, 0.5) is 0 Å². The van der Waals surface area contributed by atoms with Crippen molar-refractivity contribution in [3.05, 3.63) is 18.0 Å². The second-order valence-corrected chi connectivity index (χ2v) is 5.95. The molecule has 1 saturated heterocycles. The molecule has 21 heavy (non-hydrogen) atoms. The minimum atomic E-state index is -0.564.